The van der Waals surface area contributed by atoms with Crippen LogP contribution in [0.4, 0.5) is 110 Å². The summed E-state index contributed by atoms with van der Waals surface area (Å²) >= 11 is 0. The zero-order valence-electron chi connectivity index (χ0n) is 74.8. The van der Waals surface area contributed by atoms with Crippen molar-refractivity contribution in [3.05, 3.63) is 291 Å². The number of carbonyl (C=O) groups excluding carboxylic acids is 4. The first-order chi connectivity index (χ1) is 66.6. The lowest BCUT2D eigenvalue weighted by molar-refractivity contribution is -0.137. The van der Waals surface area contributed by atoms with Crippen molar-refractivity contribution in [1.29, 1.82) is 0 Å². The van der Waals surface area contributed by atoms with E-state index in [4.69, 9.17) is 33.2 Å². The Morgan fingerprint density at radius 1 is 0.321 bits per heavy atom. The van der Waals surface area contributed by atoms with Gasteiger partial charge in [0.05, 0.1) is 81.6 Å². The monoisotopic (exact) mass is 1840 g/mol. The molecule has 29 nitrogen and oxygen atoms in total. The Labute approximate surface area is 784 Å². The van der Waals surface area contributed by atoms with E-state index in [0.29, 0.717) is 91.6 Å². The average Bonchev–Trinajstić information content (AvgIpc) is 1.64. The number of nitrogens with one attached hydrogen (secondary N) is 4. The maximum absolute atomic E-state index is 14.0. The van der Waals surface area contributed by atoms with Gasteiger partial charge < -0.3 is 48.8 Å². The highest BCUT2D eigenvalue weighted by atomic mass is 19.4. The summed E-state index contributed by atoms with van der Waals surface area (Å²) in [6, 6.07) is 60.1. The van der Waals surface area contributed by atoms with E-state index in [-0.39, 0.29) is 53.9 Å². The zero-order chi connectivity index (χ0) is 94.0. The van der Waals surface area contributed by atoms with Crippen LogP contribution < -0.4 is 60.5 Å². The molecule has 0 saturated carbocycles. The molecular formula is C103H93F5N22O7. The quantitative estimate of drug-likeness (QED) is 0.0826. The number of hydrogen-bond acceptors (Lipinski definition) is 21. The summed E-state index contributed by atoms with van der Waals surface area (Å²) in [6.07, 6.45) is 18.2. The first kappa shape index (κ1) is 88.6. The van der Waals surface area contributed by atoms with Gasteiger partial charge >= 0.3 is 30.3 Å². The molecule has 0 radical (unpaired) electrons. The van der Waals surface area contributed by atoms with Crippen molar-refractivity contribution >= 4 is 93.0 Å². The molecule has 15 aromatic rings. The number of carbonyl (C=O) groups is 4. The number of nitrogens with zero attached hydrogens (tertiary/aromatic N) is 18. The number of aryl methyl sites for hydroxylation is 2. The second-order valence-corrected chi connectivity index (χ2v) is 34.8. The number of piperidine rings is 4. The molecule has 0 aliphatic carbocycles. The van der Waals surface area contributed by atoms with Gasteiger partial charge in [0.2, 0.25) is 0 Å². The summed E-state index contributed by atoms with van der Waals surface area (Å²) in [5.74, 6) is 1.69. The van der Waals surface area contributed by atoms with Crippen LogP contribution in [-0.4, -0.2) is 150 Å². The third kappa shape index (κ3) is 19.1. The summed E-state index contributed by atoms with van der Waals surface area (Å²) in [5.41, 5.74) is 14.7. The molecule has 137 heavy (non-hydrogen) atoms. The van der Waals surface area contributed by atoms with Gasteiger partial charge in [0.1, 0.15) is 11.5 Å². The Hall–Kier alpha value is -16.3. The zero-order valence-corrected chi connectivity index (χ0v) is 74.8. The van der Waals surface area contributed by atoms with Crippen molar-refractivity contribution in [2.45, 2.75) is 108 Å². The Morgan fingerprint density at radius 3 is 1.10 bits per heavy atom. The topological polar surface area (TPSA) is 311 Å². The molecule has 27 rings (SSSR count). The summed E-state index contributed by atoms with van der Waals surface area (Å²) < 4.78 is 83.7. The number of rotatable bonds is 12. The van der Waals surface area contributed by atoms with E-state index < -0.39 is 17.7 Å². The van der Waals surface area contributed by atoms with E-state index in [9.17, 15) is 41.1 Å². The molecule has 8 bridgehead atoms. The predicted molar refractivity (Wildman–Crippen MR) is 515 cm³/mol. The van der Waals surface area contributed by atoms with Crippen molar-refractivity contribution in [2.75, 3.05) is 113 Å². The third-order valence-corrected chi connectivity index (χ3v) is 25.8. The standard InChI is InChI=1S/C28H25F2N5O2.2C26H24N6O2.C23H20F3N5O/c1-28(29,30)20-6-2-4-18(14-20)23-8-9-24-26(33-23)35(22-10-12-34(24)13-11-22)27(36)32-21-7-3-5-19(15-21)25-16-31-17-37-25;1-17-4-2-5-18(14-17)20-8-9-22-25(29-20)32(19-10-12-31(22)13-11-19)26(33)30-24-7-3-6-21(28-24)23-15-27-16-34-23;1-17-11-19(14-27-13-17)22-5-6-23-25(30-22)32(21-7-9-31(23)10-8-21)26(33)29-20-4-2-3-18(12-20)24-15-28-16-34-24;24-23(25,26)16-4-1-3-15(13-16)19-6-7-20-21(29-19)31(18-8-11-30(20)12-9-18)22(32)28-17-5-2-10-27-14-17/h2-9,14-17,22H,10-13H2,1H3,(H,32,36);2-9,14-16,19H,10-13H2,1H3,(H,28,30,33);2-6,11-16,21H,7-10H2,1H3,(H,29,33);1-7,10,13-14,18H,8-9,11-12H2,(H,28,32). The molecule has 22 heterocycles. The lowest BCUT2D eigenvalue weighted by Crippen LogP contribution is -2.46. The van der Waals surface area contributed by atoms with E-state index in [0.717, 1.165) is 185 Å². The number of benzene rings is 5. The van der Waals surface area contributed by atoms with E-state index in [1.54, 1.807) is 83.2 Å². The van der Waals surface area contributed by atoms with Crippen molar-refractivity contribution < 1.29 is 54.4 Å². The minimum absolute atomic E-state index is 0.0241. The van der Waals surface area contributed by atoms with Crippen LogP contribution in [0.3, 0.4) is 0 Å². The lowest BCUT2D eigenvalue weighted by atomic mass is 10.0. The molecular weight excluding hydrogens is 1750 g/mol. The molecule has 4 fully saturated rings. The molecule has 12 aliphatic rings. The van der Waals surface area contributed by atoms with Crippen LogP contribution in [-0.2, 0) is 12.1 Å². The van der Waals surface area contributed by atoms with Crippen molar-refractivity contribution in [2.24, 2.45) is 0 Å². The molecule has 8 amide bonds. The molecule has 12 aliphatic heterocycles. The first-order valence-corrected chi connectivity index (χ1v) is 45.4. The molecule has 692 valence electrons. The largest absolute Gasteiger partial charge is 0.444 e. The van der Waals surface area contributed by atoms with E-state index in [1.165, 1.54) is 42.9 Å². The van der Waals surface area contributed by atoms with Crippen LogP contribution in [0.5, 0.6) is 0 Å². The van der Waals surface area contributed by atoms with Gasteiger partial charge in [-0.15, -0.1) is 0 Å². The maximum Gasteiger partial charge on any atom is 0.416 e. The summed E-state index contributed by atoms with van der Waals surface area (Å²) in [5, 5.41) is 12.0. The first-order valence-electron chi connectivity index (χ1n) is 45.4. The van der Waals surface area contributed by atoms with Gasteiger partial charge in [-0.3, -0.25) is 34.9 Å². The fraction of sp³-hybridized carbons (Fsp3) is 0.243. The van der Waals surface area contributed by atoms with Crippen LogP contribution in [0.1, 0.15) is 80.5 Å². The van der Waals surface area contributed by atoms with Crippen LogP contribution in [0, 0.1) is 13.8 Å². The Balaban J connectivity index is 0.000000113. The SMILES string of the molecule is CC(F)(F)c1cccc(-c2ccc3c(n2)N(C(=O)Nc2cccc(-c4cnco4)c2)C2CCN3CC2)c1.Cc1cccc(-c2ccc3c(n2)N(C(=O)Nc2cccc(-c4cnco4)n2)C2CCN3CC2)c1.Cc1cncc(-c2ccc3c(n2)N(C(=O)Nc2cccc(-c4cnco4)c2)C2CCN3CC2)c1.O=C(Nc1cccnc1)N1c2nc(-c3cccc(C(F)(F)F)c3)ccc2N2CCC1CC2. The number of alkyl halides is 5. The Kier molecular flexibility index (Phi) is 24.6. The highest BCUT2D eigenvalue weighted by Crippen LogP contribution is 2.47. The number of anilines is 12. The number of amides is 8. The van der Waals surface area contributed by atoms with Gasteiger partial charge in [0.25, 0.3) is 5.92 Å². The lowest BCUT2D eigenvalue weighted by Gasteiger charge is -2.31. The molecule has 10 aromatic heterocycles. The Morgan fingerprint density at radius 2 is 0.693 bits per heavy atom. The summed E-state index contributed by atoms with van der Waals surface area (Å²) in [7, 11) is 0. The smallest absolute Gasteiger partial charge is 0.416 e. The van der Waals surface area contributed by atoms with Gasteiger partial charge in [-0.05, 0) is 198 Å². The average molecular weight is 1850 g/mol. The molecule has 0 spiro atoms. The normalized spacial score (nSPS) is 15.4. The van der Waals surface area contributed by atoms with Crippen LogP contribution in [0.25, 0.3) is 79.1 Å². The van der Waals surface area contributed by atoms with E-state index in [2.05, 4.69) is 114 Å². The number of oxazole rings is 3. The second-order valence-electron chi connectivity index (χ2n) is 34.8. The van der Waals surface area contributed by atoms with Crippen molar-refractivity contribution in [1.82, 2.24) is 49.8 Å². The van der Waals surface area contributed by atoms with Gasteiger partial charge in [-0.25, -0.2) is 67.8 Å². The maximum atomic E-state index is 14.0. The number of hydrogen-bond donors (Lipinski definition) is 4. The molecule has 4 saturated heterocycles. The highest BCUT2D eigenvalue weighted by molar-refractivity contribution is 6.08. The Bertz CT molecular complexity index is 6710. The van der Waals surface area contributed by atoms with Crippen LogP contribution >= 0.6 is 0 Å². The second kappa shape index (κ2) is 38.0. The number of halogens is 5. The van der Waals surface area contributed by atoms with E-state index >= 15 is 0 Å². The molecule has 5 aromatic carbocycles. The van der Waals surface area contributed by atoms with E-state index in [1.807, 2.05) is 126 Å². The van der Waals surface area contributed by atoms with Gasteiger partial charge in [0.15, 0.2) is 59.7 Å². The fourth-order valence-corrected chi connectivity index (χ4v) is 19.0. The minimum atomic E-state index is -4.44. The number of pyridine rings is 7. The molecule has 0 unspecified atom stereocenters. The van der Waals surface area contributed by atoms with Crippen molar-refractivity contribution in [3.63, 3.8) is 0 Å². The van der Waals surface area contributed by atoms with Gasteiger partial charge in [-0.2, -0.15) is 13.2 Å². The number of fused-ring (bicyclic) bond motifs is 8. The summed E-state index contributed by atoms with van der Waals surface area (Å²) in [6.45, 7) is 11.8. The highest BCUT2D eigenvalue weighted by Gasteiger charge is 2.43. The fourth-order valence-electron chi connectivity index (χ4n) is 19.0. The molecule has 0 atom stereocenters. The van der Waals surface area contributed by atoms with Crippen LogP contribution in [0.15, 0.2) is 282 Å². The van der Waals surface area contributed by atoms with Crippen molar-refractivity contribution in [3.8, 4) is 79.1 Å². The summed E-state index contributed by atoms with van der Waals surface area (Å²) in [4.78, 5) is 115. The van der Waals surface area contributed by atoms with Gasteiger partial charge in [-0.1, -0.05) is 84.4 Å². The van der Waals surface area contributed by atoms with Crippen LogP contribution in [0.2, 0.25) is 0 Å². The number of urea groups is 4. The molecule has 34 heteroatoms. The minimum Gasteiger partial charge on any atom is -0.444 e. The third-order valence-electron chi connectivity index (χ3n) is 25.8. The predicted octanol–water partition coefficient (Wildman–Crippen LogP) is 22.0. The molecule has 4 N–H and O–H groups in total. The number of aromatic nitrogens is 10. The van der Waals surface area contributed by atoms with Gasteiger partial charge in [0, 0.05) is 152 Å².